The predicted octanol–water partition coefficient (Wildman–Crippen LogP) is 4.78. The number of fused-ring (bicyclic) bond motifs is 1. The minimum Gasteiger partial charge on any atom is -0.457 e. The van der Waals surface area contributed by atoms with Gasteiger partial charge in [0.1, 0.15) is 23.7 Å². The van der Waals surface area contributed by atoms with Gasteiger partial charge in [0.2, 0.25) is 5.89 Å². The van der Waals surface area contributed by atoms with Crippen molar-refractivity contribution < 1.29 is 18.6 Å². The summed E-state index contributed by atoms with van der Waals surface area (Å²) in [4.78, 5) is 6.91. The fraction of sp³-hybridized carbons (Fsp3) is 0.385. The SMILES string of the molecule is C[SiH](C)CCOCn1nccc1-c1ccc(Oc2ccc3nc(CN4CCOCC4)oc3c2)cc1. The molecule has 0 aliphatic carbocycles. The van der Waals surface area contributed by atoms with Crippen LogP contribution in [0.2, 0.25) is 19.1 Å². The molecule has 0 saturated carbocycles. The summed E-state index contributed by atoms with van der Waals surface area (Å²) in [6.07, 6.45) is 1.81. The normalized spacial score (nSPS) is 14.7. The Morgan fingerprint density at radius 1 is 1.00 bits per heavy atom. The molecule has 1 aliphatic heterocycles. The molecular formula is C26H32N4O4Si. The van der Waals surface area contributed by atoms with Crippen molar-refractivity contribution in [2.75, 3.05) is 32.9 Å². The highest BCUT2D eigenvalue weighted by molar-refractivity contribution is 6.55. The van der Waals surface area contributed by atoms with Crippen LogP contribution in [0.3, 0.4) is 0 Å². The lowest BCUT2D eigenvalue weighted by molar-refractivity contribution is 0.0308. The van der Waals surface area contributed by atoms with Gasteiger partial charge in [-0.25, -0.2) is 9.67 Å². The van der Waals surface area contributed by atoms with Gasteiger partial charge in [-0.05, 0) is 48.5 Å². The number of aromatic nitrogens is 3. The molecule has 5 rings (SSSR count). The van der Waals surface area contributed by atoms with E-state index in [-0.39, 0.29) is 0 Å². The average Bonchev–Trinajstić information content (AvgIpc) is 3.49. The third kappa shape index (κ3) is 6.18. The van der Waals surface area contributed by atoms with Gasteiger partial charge in [-0.2, -0.15) is 5.10 Å². The molecule has 1 aliphatic rings. The molecule has 0 bridgehead atoms. The van der Waals surface area contributed by atoms with Crippen LogP contribution in [-0.4, -0.2) is 61.4 Å². The number of benzene rings is 2. The van der Waals surface area contributed by atoms with E-state index in [1.807, 2.05) is 53.2 Å². The van der Waals surface area contributed by atoms with Crippen molar-refractivity contribution in [2.24, 2.45) is 0 Å². The summed E-state index contributed by atoms with van der Waals surface area (Å²) in [5.74, 6) is 2.19. The monoisotopic (exact) mass is 492 g/mol. The zero-order chi connectivity index (χ0) is 24.0. The number of rotatable bonds is 10. The average molecular weight is 493 g/mol. The molecule has 0 unspecified atom stereocenters. The first-order chi connectivity index (χ1) is 17.1. The highest BCUT2D eigenvalue weighted by Gasteiger charge is 2.15. The molecule has 9 heteroatoms. The molecule has 2 aromatic heterocycles. The molecule has 8 nitrogen and oxygen atoms in total. The van der Waals surface area contributed by atoms with Crippen molar-refractivity contribution >= 4 is 19.9 Å². The molecule has 0 radical (unpaired) electrons. The van der Waals surface area contributed by atoms with Gasteiger partial charge in [-0.1, -0.05) is 13.1 Å². The van der Waals surface area contributed by atoms with E-state index in [1.165, 1.54) is 6.04 Å². The quantitative estimate of drug-likeness (QED) is 0.233. The van der Waals surface area contributed by atoms with Crippen molar-refractivity contribution in [2.45, 2.75) is 32.4 Å². The second-order valence-electron chi connectivity index (χ2n) is 9.19. The van der Waals surface area contributed by atoms with Crippen LogP contribution in [-0.2, 0) is 22.7 Å². The van der Waals surface area contributed by atoms with Crippen LogP contribution in [0.15, 0.2) is 59.1 Å². The summed E-state index contributed by atoms with van der Waals surface area (Å²) in [7, 11) is -0.594. The highest BCUT2D eigenvalue weighted by atomic mass is 28.3. The number of hydrogen-bond donors (Lipinski definition) is 0. The van der Waals surface area contributed by atoms with Crippen LogP contribution in [0.5, 0.6) is 11.5 Å². The van der Waals surface area contributed by atoms with Gasteiger partial charge in [-0.15, -0.1) is 0 Å². The maximum atomic E-state index is 6.09. The van der Waals surface area contributed by atoms with Crippen LogP contribution in [0.4, 0.5) is 0 Å². The van der Waals surface area contributed by atoms with Crippen molar-refractivity contribution in [3.05, 3.63) is 60.6 Å². The summed E-state index contributed by atoms with van der Waals surface area (Å²) in [5, 5.41) is 4.41. The standard InChI is InChI=1S/C26H32N4O4Si/c1-35(2)16-15-32-19-30-24(9-10-27-30)20-3-5-21(6-4-20)33-22-7-8-23-25(17-22)34-26(28-23)18-29-11-13-31-14-12-29/h3-10,17,35H,11-16,18-19H2,1-2H3. The lowest BCUT2D eigenvalue weighted by Gasteiger charge is -2.24. The van der Waals surface area contributed by atoms with Crippen LogP contribution >= 0.6 is 0 Å². The van der Waals surface area contributed by atoms with Gasteiger partial charge in [0, 0.05) is 46.3 Å². The van der Waals surface area contributed by atoms with Crippen LogP contribution in [0.1, 0.15) is 5.89 Å². The summed E-state index contributed by atoms with van der Waals surface area (Å²) in [6, 6.07) is 16.9. The van der Waals surface area contributed by atoms with Gasteiger partial charge in [-0.3, -0.25) is 4.90 Å². The Bertz CT molecular complexity index is 1230. The van der Waals surface area contributed by atoms with Crippen LogP contribution in [0.25, 0.3) is 22.4 Å². The summed E-state index contributed by atoms with van der Waals surface area (Å²) < 4.78 is 25.2. The van der Waals surface area contributed by atoms with Crippen molar-refractivity contribution in [1.29, 1.82) is 0 Å². The largest absolute Gasteiger partial charge is 0.457 e. The molecule has 2 aromatic carbocycles. The van der Waals surface area contributed by atoms with E-state index >= 15 is 0 Å². The first kappa shape index (κ1) is 23.7. The Labute approximate surface area is 207 Å². The Hall–Kier alpha value is -2.98. The van der Waals surface area contributed by atoms with Crippen molar-refractivity contribution in [3.63, 3.8) is 0 Å². The molecule has 0 spiro atoms. The van der Waals surface area contributed by atoms with E-state index in [0.29, 0.717) is 19.0 Å². The number of oxazole rings is 1. The third-order valence-electron chi connectivity index (χ3n) is 6.02. The summed E-state index contributed by atoms with van der Waals surface area (Å²) in [5.41, 5.74) is 3.65. The fourth-order valence-electron chi connectivity index (χ4n) is 4.01. The summed E-state index contributed by atoms with van der Waals surface area (Å²) >= 11 is 0. The molecule has 0 N–H and O–H groups in total. The molecule has 4 aromatic rings. The zero-order valence-corrected chi connectivity index (χ0v) is 21.5. The minimum absolute atomic E-state index is 0.465. The molecule has 184 valence electrons. The van der Waals surface area contributed by atoms with Gasteiger partial charge < -0.3 is 18.6 Å². The van der Waals surface area contributed by atoms with E-state index in [0.717, 1.165) is 66.9 Å². The molecular weight excluding hydrogens is 460 g/mol. The minimum atomic E-state index is -0.594. The van der Waals surface area contributed by atoms with Crippen LogP contribution < -0.4 is 4.74 Å². The Balaban J connectivity index is 1.22. The first-order valence-corrected chi connectivity index (χ1v) is 15.3. The second kappa shape index (κ2) is 11.2. The van der Waals surface area contributed by atoms with Crippen molar-refractivity contribution in [3.8, 4) is 22.8 Å². The molecule has 0 amide bonds. The topological polar surface area (TPSA) is 74.8 Å². The molecule has 0 atom stereocenters. The van der Waals surface area contributed by atoms with E-state index in [4.69, 9.17) is 18.6 Å². The second-order valence-corrected chi connectivity index (χ2v) is 12.6. The van der Waals surface area contributed by atoms with Gasteiger partial charge >= 0.3 is 0 Å². The molecule has 35 heavy (non-hydrogen) atoms. The summed E-state index contributed by atoms with van der Waals surface area (Å²) in [6.45, 7) is 9.93. The molecule has 3 heterocycles. The predicted molar refractivity (Wildman–Crippen MR) is 137 cm³/mol. The highest BCUT2D eigenvalue weighted by Crippen LogP contribution is 2.28. The van der Waals surface area contributed by atoms with E-state index < -0.39 is 8.80 Å². The maximum absolute atomic E-state index is 6.09. The van der Waals surface area contributed by atoms with E-state index in [2.05, 4.69) is 28.1 Å². The smallest absolute Gasteiger partial charge is 0.209 e. The first-order valence-electron chi connectivity index (χ1n) is 12.2. The fourth-order valence-corrected chi connectivity index (χ4v) is 4.65. The van der Waals surface area contributed by atoms with Gasteiger partial charge in [0.05, 0.1) is 25.5 Å². The maximum Gasteiger partial charge on any atom is 0.209 e. The van der Waals surface area contributed by atoms with Gasteiger partial charge in [0.25, 0.3) is 0 Å². The van der Waals surface area contributed by atoms with E-state index in [9.17, 15) is 0 Å². The Morgan fingerprint density at radius 2 is 1.80 bits per heavy atom. The van der Waals surface area contributed by atoms with Crippen molar-refractivity contribution in [1.82, 2.24) is 19.7 Å². The lowest BCUT2D eigenvalue weighted by atomic mass is 10.1. The Kier molecular flexibility index (Phi) is 7.58. The van der Waals surface area contributed by atoms with E-state index in [1.54, 1.807) is 6.20 Å². The molecule has 1 fully saturated rings. The number of hydrogen-bond acceptors (Lipinski definition) is 7. The van der Waals surface area contributed by atoms with Gasteiger partial charge in [0.15, 0.2) is 5.58 Å². The lowest BCUT2D eigenvalue weighted by Crippen LogP contribution is -2.35. The number of morpholine rings is 1. The van der Waals surface area contributed by atoms with Crippen LogP contribution in [0, 0.1) is 0 Å². The Morgan fingerprint density at radius 3 is 2.60 bits per heavy atom. The third-order valence-corrected chi connectivity index (χ3v) is 7.41. The molecule has 1 saturated heterocycles. The number of ether oxygens (including phenoxy) is 3. The number of nitrogens with zero attached hydrogens (tertiary/aromatic N) is 4. The zero-order valence-electron chi connectivity index (χ0n) is 20.4.